The minimum absolute atomic E-state index is 0.123. The van der Waals surface area contributed by atoms with E-state index >= 15 is 0 Å². The molecular formula is C20H23NO3. The van der Waals surface area contributed by atoms with E-state index in [-0.39, 0.29) is 18.1 Å². The number of rotatable bonds is 5. The largest absolute Gasteiger partial charge is 0.456 e. The van der Waals surface area contributed by atoms with Gasteiger partial charge in [0, 0.05) is 18.3 Å². The standard InChI is InChI=1S/C20H23NO3/c1-15(16-6-3-2-4-7-16)21-18-11-9-17(10-12-18)20(22)24-19-8-5-13-23-14-19/h2-4,6-7,9-12,15,19,21H,5,8,13-14H2,1H3/t15-,19?/m0/s1. The molecule has 1 saturated heterocycles. The highest BCUT2D eigenvalue weighted by atomic mass is 16.6. The summed E-state index contributed by atoms with van der Waals surface area (Å²) in [4.78, 5) is 12.2. The molecule has 1 unspecified atom stereocenters. The lowest BCUT2D eigenvalue weighted by atomic mass is 10.1. The summed E-state index contributed by atoms with van der Waals surface area (Å²) in [6.45, 7) is 3.37. The maximum Gasteiger partial charge on any atom is 0.338 e. The van der Waals surface area contributed by atoms with Crippen LogP contribution in [0, 0.1) is 0 Å². The summed E-state index contributed by atoms with van der Waals surface area (Å²) in [5.41, 5.74) is 2.76. The fraction of sp³-hybridized carbons (Fsp3) is 0.350. The van der Waals surface area contributed by atoms with Crippen molar-refractivity contribution in [2.24, 2.45) is 0 Å². The average molecular weight is 325 g/mol. The lowest BCUT2D eigenvalue weighted by Crippen LogP contribution is -2.28. The first-order valence-corrected chi connectivity index (χ1v) is 8.42. The van der Waals surface area contributed by atoms with Crippen molar-refractivity contribution in [1.82, 2.24) is 0 Å². The topological polar surface area (TPSA) is 47.6 Å². The Hall–Kier alpha value is -2.33. The molecule has 24 heavy (non-hydrogen) atoms. The van der Waals surface area contributed by atoms with Crippen molar-refractivity contribution >= 4 is 11.7 Å². The molecule has 1 aliphatic rings. The first-order chi connectivity index (χ1) is 11.7. The van der Waals surface area contributed by atoms with Gasteiger partial charge in [0.05, 0.1) is 12.2 Å². The highest BCUT2D eigenvalue weighted by Crippen LogP contribution is 2.20. The Morgan fingerprint density at radius 2 is 1.92 bits per heavy atom. The van der Waals surface area contributed by atoms with Crippen molar-refractivity contribution in [1.29, 1.82) is 0 Å². The maximum atomic E-state index is 12.2. The molecule has 4 heteroatoms. The van der Waals surface area contributed by atoms with Gasteiger partial charge >= 0.3 is 5.97 Å². The van der Waals surface area contributed by atoms with Crippen molar-refractivity contribution in [2.75, 3.05) is 18.5 Å². The molecule has 2 atom stereocenters. The molecule has 0 saturated carbocycles. The van der Waals surface area contributed by atoms with Crippen LogP contribution in [0.25, 0.3) is 0 Å². The predicted octanol–water partition coefficient (Wildman–Crippen LogP) is 4.20. The van der Waals surface area contributed by atoms with Crippen molar-refractivity contribution < 1.29 is 14.3 Å². The fourth-order valence-electron chi connectivity index (χ4n) is 2.80. The van der Waals surface area contributed by atoms with E-state index in [2.05, 4.69) is 24.4 Å². The zero-order chi connectivity index (χ0) is 16.8. The summed E-state index contributed by atoms with van der Waals surface area (Å²) in [5.74, 6) is -0.284. The quantitative estimate of drug-likeness (QED) is 0.837. The zero-order valence-electron chi connectivity index (χ0n) is 13.9. The normalized spacial score (nSPS) is 18.6. The molecule has 4 nitrogen and oxygen atoms in total. The first-order valence-electron chi connectivity index (χ1n) is 8.42. The second-order valence-corrected chi connectivity index (χ2v) is 6.10. The Bertz CT molecular complexity index is 648. The van der Waals surface area contributed by atoms with E-state index in [1.165, 1.54) is 5.56 Å². The predicted molar refractivity (Wildman–Crippen MR) is 94.2 cm³/mol. The van der Waals surface area contributed by atoms with E-state index in [9.17, 15) is 4.79 Å². The van der Waals surface area contributed by atoms with E-state index in [0.29, 0.717) is 12.2 Å². The SMILES string of the molecule is C[C@H](Nc1ccc(C(=O)OC2CCCOC2)cc1)c1ccccc1. The van der Waals surface area contributed by atoms with E-state index in [1.807, 2.05) is 30.3 Å². The molecule has 0 bridgehead atoms. The van der Waals surface area contributed by atoms with Crippen LogP contribution < -0.4 is 5.32 Å². The molecule has 126 valence electrons. The van der Waals surface area contributed by atoms with Gasteiger partial charge in [-0.1, -0.05) is 30.3 Å². The van der Waals surface area contributed by atoms with Crippen LogP contribution in [-0.2, 0) is 9.47 Å². The van der Waals surface area contributed by atoms with Crippen LogP contribution in [-0.4, -0.2) is 25.3 Å². The van der Waals surface area contributed by atoms with E-state index < -0.39 is 0 Å². The van der Waals surface area contributed by atoms with Gasteiger partial charge in [-0.05, 0) is 49.6 Å². The van der Waals surface area contributed by atoms with Gasteiger partial charge in [-0.25, -0.2) is 4.79 Å². The third kappa shape index (κ3) is 4.36. The number of ether oxygens (including phenoxy) is 2. The molecule has 3 rings (SSSR count). The van der Waals surface area contributed by atoms with Gasteiger partial charge in [-0.15, -0.1) is 0 Å². The third-order valence-corrected chi connectivity index (χ3v) is 4.20. The van der Waals surface area contributed by atoms with Gasteiger partial charge in [0.2, 0.25) is 0 Å². The minimum atomic E-state index is -0.284. The van der Waals surface area contributed by atoms with E-state index in [1.54, 1.807) is 12.1 Å². The number of anilines is 1. The monoisotopic (exact) mass is 325 g/mol. The molecule has 0 spiro atoms. The Kier molecular flexibility index (Phi) is 5.49. The lowest BCUT2D eigenvalue weighted by Gasteiger charge is -2.22. The summed E-state index contributed by atoms with van der Waals surface area (Å²) in [6, 6.07) is 17.9. The molecule has 2 aromatic rings. The van der Waals surface area contributed by atoms with Gasteiger partial charge in [-0.3, -0.25) is 0 Å². The smallest absolute Gasteiger partial charge is 0.338 e. The molecule has 1 fully saturated rings. The Morgan fingerprint density at radius 3 is 2.58 bits per heavy atom. The number of carbonyl (C=O) groups is 1. The van der Waals surface area contributed by atoms with Gasteiger partial charge in [0.15, 0.2) is 0 Å². The zero-order valence-corrected chi connectivity index (χ0v) is 13.9. The summed E-state index contributed by atoms with van der Waals surface area (Å²) in [7, 11) is 0. The molecule has 0 radical (unpaired) electrons. The fourth-order valence-corrected chi connectivity index (χ4v) is 2.80. The molecule has 1 heterocycles. The summed E-state index contributed by atoms with van der Waals surface area (Å²) < 4.78 is 10.8. The second-order valence-electron chi connectivity index (χ2n) is 6.10. The number of hydrogen-bond donors (Lipinski definition) is 1. The Balaban J connectivity index is 1.57. The van der Waals surface area contributed by atoms with Gasteiger partial charge in [0.25, 0.3) is 0 Å². The van der Waals surface area contributed by atoms with Crippen LogP contribution in [0.15, 0.2) is 54.6 Å². The highest BCUT2D eigenvalue weighted by Gasteiger charge is 2.19. The number of hydrogen-bond acceptors (Lipinski definition) is 4. The number of esters is 1. The van der Waals surface area contributed by atoms with Crippen molar-refractivity contribution in [2.45, 2.75) is 31.9 Å². The van der Waals surface area contributed by atoms with Crippen molar-refractivity contribution in [3.05, 3.63) is 65.7 Å². The molecular weight excluding hydrogens is 302 g/mol. The van der Waals surface area contributed by atoms with Crippen LogP contribution in [0.1, 0.15) is 41.7 Å². The molecule has 2 aromatic carbocycles. The number of benzene rings is 2. The van der Waals surface area contributed by atoms with Crippen molar-refractivity contribution in [3.63, 3.8) is 0 Å². The summed E-state index contributed by atoms with van der Waals surface area (Å²) >= 11 is 0. The first kappa shape index (κ1) is 16.5. The minimum Gasteiger partial charge on any atom is -0.456 e. The Morgan fingerprint density at radius 1 is 1.17 bits per heavy atom. The number of carbonyl (C=O) groups excluding carboxylic acids is 1. The summed E-state index contributed by atoms with van der Waals surface area (Å²) in [5, 5.41) is 3.43. The molecule has 0 amide bonds. The lowest BCUT2D eigenvalue weighted by molar-refractivity contribution is -0.0305. The van der Waals surface area contributed by atoms with Gasteiger partial charge in [0.1, 0.15) is 6.10 Å². The van der Waals surface area contributed by atoms with Gasteiger partial charge < -0.3 is 14.8 Å². The third-order valence-electron chi connectivity index (χ3n) is 4.20. The van der Waals surface area contributed by atoms with Crippen LogP contribution in [0.5, 0.6) is 0 Å². The van der Waals surface area contributed by atoms with Gasteiger partial charge in [-0.2, -0.15) is 0 Å². The van der Waals surface area contributed by atoms with Crippen LogP contribution in [0.4, 0.5) is 5.69 Å². The second kappa shape index (κ2) is 7.97. The van der Waals surface area contributed by atoms with Crippen LogP contribution in [0.2, 0.25) is 0 Å². The average Bonchev–Trinajstić information content (AvgIpc) is 2.64. The molecule has 1 aliphatic heterocycles. The molecule has 1 N–H and O–H groups in total. The van der Waals surface area contributed by atoms with Crippen molar-refractivity contribution in [3.8, 4) is 0 Å². The molecule has 0 aliphatic carbocycles. The molecule has 0 aromatic heterocycles. The van der Waals surface area contributed by atoms with E-state index in [0.717, 1.165) is 25.1 Å². The van der Waals surface area contributed by atoms with E-state index in [4.69, 9.17) is 9.47 Å². The Labute approximate surface area is 142 Å². The highest BCUT2D eigenvalue weighted by molar-refractivity contribution is 5.90. The maximum absolute atomic E-state index is 12.2. The van der Waals surface area contributed by atoms with Crippen LogP contribution in [0.3, 0.4) is 0 Å². The van der Waals surface area contributed by atoms with Crippen LogP contribution >= 0.6 is 0 Å². The summed E-state index contributed by atoms with van der Waals surface area (Å²) in [6.07, 6.45) is 1.69. The number of nitrogens with one attached hydrogen (secondary N) is 1.